The van der Waals surface area contributed by atoms with Crippen LogP contribution in [-0.2, 0) is 24.1 Å². The Morgan fingerprint density at radius 1 is 1.35 bits per heavy atom. The van der Waals surface area contributed by atoms with Gasteiger partial charge in [-0.1, -0.05) is 6.58 Å². The molecule has 1 atom stereocenters. The minimum absolute atomic E-state index is 0.103. The molecule has 8 heteroatoms. The Kier molecular flexibility index (Phi) is 8.85. The van der Waals surface area contributed by atoms with Crippen LogP contribution in [0.15, 0.2) is 12.2 Å². The molecule has 0 aromatic rings. The molecule has 0 aromatic carbocycles. The summed E-state index contributed by atoms with van der Waals surface area (Å²) in [4.78, 5) is 12.8. The average molecular weight is 269 g/mol. The first-order valence-corrected chi connectivity index (χ1v) is 5.95. The maximum atomic E-state index is 10.8. The summed E-state index contributed by atoms with van der Waals surface area (Å²) in [6.45, 7) is 5.80. The van der Waals surface area contributed by atoms with Crippen LogP contribution < -0.4 is 0 Å². The third kappa shape index (κ3) is 17.6. The van der Waals surface area contributed by atoms with Crippen LogP contribution >= 0.6 is 0 Å². The molecule has 0 amide bonds. The highest BCUT2D eigenvalue weighted by molar-refractivity contribution is 7.80. The zero-order chi connectivity index (χ0) is 14.2. The first kappa shape index (κ1) is 18.4. The fourth-order valence-electron chi connectivity index (χ4n) is 0.442. The maximum Gasteiger partial charge on any atom is 0.400 e. The Balaban J connectivity index is 0. The van der Waals surface area contributed by atoms with Gasteiger partial charge < -0.3 is 9.64 Å². The van der Waals surface area contributed by atoms with Crippen molar-refractivity contribution in [1.82, 2.24) is 4.90 Å². The molecule has 0 spiro atoms. The van der Waals surface area contributed by atoms with E-state index < -0.39 is 22.7 Å². The second kappa shape index (κ2) is 8.18. The van der Waals surface area contributed by atoms with E-state index in [0.29, 0.717) is 0 Å². The number of carbonyl (C=O) groups is 1. The number of nitrogens with zero attached hydrogens (tertiary/aromatic N) is 1. The largest absolute Gasteiger partial charge is 0.431 e. The van der Waals surface area contributed by atoms with Crippen LogP contribution in [0.25, 0.3) is 0 Å². The molecule has 0 radical (unpaired) electrons. The van der Waals surface area contributed by atoms with E-state index in [-0.39, 0.29) is 5.57 Å². The van der Waals surface area contributed by atoms with Crippen molar-refractivity contribution in [2.75, 3.05) is 21.1 Å². The minimum Gasteiger partial charge on any atom is -0.431 e. The summed E-state index contributed by atoms with van der Waals surface area (Å²) in [5, 5.41) is 0. The summed E-state index contributed by atoms with van der Waals surface area (Å²) in [6, 6.07) is 0. The number of esters is 1. The molecule has 1 unspecified atom stereocenters. The van der Waals surface area contributed by atoms with Gasteiger partial charge in [-0.25, -0.2) is 8.98 Å². The molecule has 0 aliphatic rings. The predicted octanol–water partition coefficient (Wildman–Crippen LogP) is 0.449. The molecule has 0 aliphatic carbocycles. The van der Waals surface area contributed by atoms with Gasteiger partial charge in [0.25, 0.3) is 0 Å². The van der Waals surface area contributed by atoms with Crippen LogP contribution in [0.2, 0.25) is 0 Å². The van der Waals surface area contributed by atoms with E-state index in [0.717, 1.165) is 6.92 Å². The number of rotatable bonds is 4. The third-order valence-electron chi connectivity index (χ3n) is 0.879. The van der Waals surface area contributed by atoms with E-state index in [1.54, 1.807) is 0 Å². The standard InChI is InChI=1S/C6H10O6S.C3H9N/c1-4(2)6(7)11-5(3)12-13(8,9)10;1-4(2)3/h5H,1H2,2-3H3,(H,8,9,10);1-3H3. The molecule has 0 saturated heterocycles. The van der Waals surface area contributed by atoms with Crippen molar-refractivity contribution in [2.24, 2.45) is 0 Å². The molecule has 7 nitrogen and oxygen atoms in total. The van der Waals surface area contributed by atoms with Crippen molar-refractivity contribution in [2.45, 2.75) is 20.1 Å². The van der Waals surface area contributed by atoms with E-state index in [1.807, 2.05) is 26.0 Å². The molecule has 0 saturated carbocycles. The van der Waals surface area contributed by atoms with Crippen LogP contribution in [0.5, 0.6) is 0 Å². The second-order valence-corrected chi connectivity index (χ2v) is 4.67. The van der Waals surface area contributed by atoms with Crippen molar-refractivity contribution >= 4 is 16.4 Å². The Morgan fingerprint density at radius 3 is 1.94 bits per heavy atom. The third-order valence-corrected chi connectivity index (χ3v) is 1.39. The van der Waals surface area contributed by atoms with Gasteiger partial charge in [0.05, 0.1) is 0 Å². The molecule has 0 heterocycles. The van der Waals surface area contributed by atoms with Crippen LogP contribution in [0.3, 0.4) is 0 Å². The lowest BCUT2D eigenvalue weighted by molar-refractivity contribution is -0.156. The highest BCUT2D eigenvalue weighted by atomic mass is 32.3. The van der Waals surface area contributed by atoms with Gasteiger partial charge in [0.2, 0.25) is 6.29 Å². The lowest BCUT2D eigenvalue weighted by atomic mass is 10.4. The molecule has 0 aromatic heterocycles. The van der Waals surface area contributed by atoms with Crippen molar-refractivity contribution in [1.29, 1.82) is 0 Å². The molecule has 0 rings (SSSR count). The van der Waals surface area contributed by atoms with Crippen LogP contribution in [0.1, 0.15) is 13.8 Å². The van der Waals surface area contributed by atoms with Gasteiger partial charge in [0.1, 0.15) is 0 Å². The predicted molar refractivity (Wildman–Crippen MR) is 62.6 cm³/mol. The zero-order valence-corrected chi connectivity index (χ0v) is 11.4. The molecular formula is C9H19NO6S. The molecular weight excluding hydrogens is 250 g/mol. The average Bonchev–Trinajstić information content (AvgIpc) is 1.97. The van der Waals surface area contributed by atoms with E-state index in [9.17, 15) is 13.2 Å². The fourth-order valence-corrected chi connectivity index (χ4v) is 0.824. The van der Waals surface area contributed by atoms with Gasteiger partial charge >= 0.3 is 16.4 Å². The van der Waals surface area contributed by atoms with Crippen molar-refractivity contribution in [3.63, 3.8) is 0 Å². The summed E-state index contributed by atoms with van der Waals surface area (Å²) in [6.07, 6.45) is -1.38. The van der Waals surface area contributed by atoms with E-state index in [1.165, 1.54) is 6.92 Å². The van der Waals surface area contributed by atoms with E-state index in [2.05, 4.69) is 15.5 Å². The van der Waals surface area contributed by atoms with Crippen molar-refractivity contribution in [3.05, 3.63) is 12.2 Å². The minimum atomic E-state index is -4.60. The van der Waals surface area contributed by atoms with Crippen molar-refractivity contribution in [3.8, 4) is 0 Å². The molecule has 0 bridgehead atoms. The van der Waals surface area contributed by atoms with Gasteiger partial charge in [-0.2, -0.15) is 8.42 Å². The van der Waals surface area contributed by atoms with Crippen LogP contribution in [0.4, 0.5) is 0 Å². The zero-order valence-electron chi connectivity index (χ0n) is 10.6. The van der Waals surface area contributed by atoms with Crippen LogP contribution in [0, 0.1) is 0 Å². The quantitative estimate of drug-likeness (QED) is 0.343. The Bertz CT molecular complexity index is 346. The van der Waals surface area contributed by atoms with Gasteiger partial charge in [-0.3, -0.25) is 4.55 Å². The monoisotopic (exact) mass is 269 g/mol. The summed E-state index contributed by atoms with van der Waals surface area (Å²) in [7, 11) is 1.40. The number of hydrogen-bond acceptors (Lipinski definition) is 6. The fraction of sp³-hybridized carbons (Fsp3) is 0.667. The molecule has 102 valence electrons. The molecule has 0 aliphatic heterocycles. The number of hydrogen-bond donors (Lipinski definition) is 1. The first-order valence-electron chi connectivity index (χ1n) is 4.58. The topological polar surface area (TPSA) is 93.1 Å². The van der Waals surface area contributed by atoms with Gasteiger partial charge in [-0.05, 0) is 35.0 Å². The smallest absolute Gasteiger partial charge is 0.400 e. The molecule has 1 N–H and O–H groups in total. The molecule has 0 fully saturated rings. The van der Waals surface area contributed by atoms with Crippen LogP contribution in [-0.4, -0.2) is 51.3 Å². The number of ether oxygens (including phenoxy) is 1. The number of carbonyl (C=O) groups excluding carboxylic acids is 1. The summed E-state index contributed by atoms with van der Waals surface area (Å²) >= 11 is 0. The van der Waals surface area contributed by atoms with Crippen molar-refractivity contribution < 1.29 is 26.7 Å². The summed E-state index contributed by atoms with van der Waals surface area (Å²) < 4.78 is 36.7. The van der Waals surface area contributed by atoms with Gasteiger partial charge in [0.15, 0.2) is 0 Å². The van der Waals surface area contributed by atoms with E-state index in [4.69, 9.17) is 4.55 Å². The van der Waals surface area contributed by atoms with Gasteiger partial charge in [-0.15, -0.1) is 0 Å². The summed E-state index contributed by atoms with van der Waals surface area (Å²) in [5.74, 6) is -0.795. The highest BCUT2D eigenvalue weighted by Crippen LogP contribution is 2.02. The lowest BCUT2D eigenvalue weighted by Crippen LogP contribution is -2.21. The Labute approximate surface area is 102 Å². The lowest BCUT2D eigenvalue weighted by Gasteiger charge is -2.10. The summed E-state index contributed by atoms with van der Waals surface area (Å²) in [5.41, 5.74) is 0.103. The second-order valence-electron chi connectivity index (χ2n) is 3.62. The molecule has 17 heavy (non-hydrogen) atoms. The Hall–Kier alpha value is -0.960. The first-order chi connectivity index (χ1) is 7.45. The van der Waals surface area contributed by atoms with Gasteiger partial charge in [0, 0.05) is 5.57 Å². The normalized spacial score (nSPS) is 12.4. The van der Waals surface area contributed by atoms with E-state index >= 15 is 0 Å². The maximum absolute atomic E-state index is 10.8. The Morgan fingerprint density at radius 2 is 1.71 bits per heavy atom. The highest BCUT2D eigenvalue weighted by Gasteiger charge is 2.16. The SMILES string of the molecule is C=C(C)C(=O)OC(C)OS(=O)(=O)O.CN(C)C.